The summed E-state index contributed by atoms with van der Waals surface area (Å²) in [5.74, 6) is 0.522. The van der Waals surface area contributed by atoms with Crippen LogP contribution >= 0.6 is 0 Å². The molecule has 1 amide bonds. The van der Waals surface area contributed by atoms with Gasteiger partial charge < -0.3 is 14.1 Å². The fourth-order valence-corrected chi connectivity index (χ4v) is 1.64. The molecule has 0 bridgehead atoms. The van der Waals surface area contributed by atoms with Gasteiger partial charge in [-0.3, -0.25) is 4.79 Å². The van der Waals surface area contributed by atoms with E-state index in [0.29, 0.717) is 12.3 Å². The number of nitrogens with zero attached hydrogens (tertiary/aromatic N) is 1. The van der Waals surface area contributed by atoms with Crippen LogP contribution in [0.3, 0.4) is 0 Å². The second-order valence-electron chi connectivity index (χ2n) is 3.85. The van der Waals surface area contributed by atoms with Gasteiger partial charge in [-0.25, -0.2) is 5.43 Å². The molecule has 1 aromatic rings. The highest BCUT2D eigenvalue weighted by Gasteiger charge is 2.16. The van der Waals surface area contributed by atoms with Crippen LogP contribution < -0.4 is 10.3 Å². The van der Waals surface area contributed by atoms with Crippen LogP contribution in [-0.4, -0.2) is 45.0 Å². The molecule has 1 aromatic heterocycles. The smallest absolute Gasteiger partial charge is 0.295 e. The van der Waals surface area contributed by atoms with Crippen LogP contribution in [0.15, 0.2) is 27.9 Å². The first-order chi connectivity index (χ1) is 8.34. The number of furan rings is 1. The molecule has 0 saturated carbocycles. The van der Waals surface area contributed by atoms with Crippen molar-refractivity contribution in [3.63, 3.8) is 0 Å². The summed E-state index contributed by atoms with van der Waals surface area (Å²) in [7, 11) is 0. The number of rotatable bonds is 4. The quantitative estimate of drug-likeness (QED) is 0.503. The Labute approximate surface area is 99.2 Å². The lowest BCUT2D eigenvalue weighted by Crippen LogP contribution is -3.15. The average Bonchev–Trinajstić information content (AvgIpc) is 2.83. The van der Waals surface area contributed by atoms with Crippen LogP contribution in [0.4, 0.5) is 0 Å². The Balaban J connectivity index is 1.70. The third-order valence-corrected chi connectivity index (χ3v) is 2.53. The van der Waals surface area contributed by atoms with E-state index >= 15 is 0 Å². The summed E-state index contributed by atoms with van der Waals surface area (Å²) in [5.41, 5.74) is 2.48. The van der Waals surface area contributed by atoms with Gasteiger partial charge in [0.25, 0.3) is 5.91 Å². The van der Waals surface area contributed by atoms with Crippen molar-refractivity contribution in [2.24, 2.45) is 5.10 Å². The lowest BCUT2D eigenvalue weighted by Gasteiger charge is -2.22. The van der Waals surface area contributed by atoms with Gasteiger partial charge in [-0.1, -0.05) is 0 Å². The van der Waals surface area contributed by atoms with Crippen molar-refractivity contribution in [2.45, 2.75) is 0 Å². The summed E-state index contributed by atoms with van der Waals surface area (Å²) in [5, 5.41) is 3.82. The first-order valence-electron chi connectivity index (χ1n) is 5.61. The van der Waals surface area contributed by atoms with Crippen molar-refractivity contribution >= 4 is 12.1 Å². The minimum absolute atomic E-state index is 0.0929. The number of morpholine rings is 1. The van der Waals surface area contributed by atoms with E-state index < -0.39 is 0 Å². The Kier molecular flexibility index (Phi) is 4.29. The largest absolute Gasteiger partial charge is 0.463 e. The zero-order chi connectivity index (χ0) is 11.9. The number of nitrogens with one attached hydrogen (secondary N) is 2. The van der Waals surface area contributed by atoms with Crippen molar-refractivity contribution in [3.8, 4) is 0 Å². The van der Waals surface area contributed by atoms with Crippen molar-refractivity contribution < 1.29 is 18.8 Å². The highest BCUT2D eigenvalue weighted by molar-refractivity contribution is 5.80. The molecule has 2 N–H and O–H groups in total. The van der Waals surface area contributed by atoms with Gasteiger partial charge in [0.2, 0.25) is 0 Å². The zero-order valence-electron chi connectivity index (χ0n) is 9.52. The maximum atomic E-state index is 11.5. The van der Waals surface area contributed by atoms with Crippen molar-refractivity contribution in [1.29, 1.82) is 0 Å². The average molecular weight is 238 g/mol. The normalized spacial score (nSPS) is 17.4. The molecular weight excluding hydrogens is 222 g/mol. The number of hydrogen-bond acceptors (Lipinski definition) is 4. The fraction of sp³-hybridized carbons (Fsp3) is 0.455. The molecule has 17 heavy (non-hydrogen) atoms. The summed E-state index contributed by atoms with van der Waals surface area (Å²) in [6, 6.07) is 3.53. The van der Waals surface area contributed by atoms with Gasteiger partial charge in [0.1, 0.15) is 18.8 Å². The number of ether oxygens (including phenoxy) is 1. The first-order valence-corrected chi connectivity index (χ1v) is 5.61. The van der Waals surface area contributed by atoms with Crippen molar-refractivity contribution in [2.75, 3.05) is 32.8 Å². The molecule has 1 aliphatic heterocycles. The summed E-state index contributed by atoms with van der Waals surface area (Å²) >= 11 is 0. The molecule has 2 rings (SSSR count). The lowest BCUT2D eigenvalue weighted by atomic mass is 10.4. The van der Waals surface area contributed by atoms with E-state index in [1.165, 1.54) is 11.1 Å². The second kappa shape index (κ2) is 6.17. The number of hydrogen-bond donors (Lipinski definition) is 2. The number of carbonyl (C=O) groups excluding carboxylic acids is 1. The Hall–Kier alpha value is -1.66. The lowest BCUT2D eigenvalue weighted by molar-refractivity contribution is -0.900. The molecular formula is C11H16N3O3+. The maximum Gasteiger partial charge on any atom is 0.295 e. The summed E-state index contributed by atoms with van der Waals surface area (Å²) in [4.78, 5) is 12.7. The molecule has 0 aliphatic carbocycles. The van der Waals surface area contributed by atoms with Gasteiger partial charge in [-0.05, 0) is 12.1 Å². The number of amides is 1. The molecule has 1 aliphatic rings. The van der Waals surface area contributed by atoms with Gasteiger partial charge >= 0.3 is 0 Å². The van der Waals surface area contributed by atoms with Crippen LogP contribution in [0.25, 0.3) is 0 Å². The van der Waals surface area contributed by atoms with Gasteiger partial charge in [0.05, 0.1) is 25.7 Å². The van der Waals surface area contributed by atoms with Crippen LogP contribution in [0.1, 0.15) is 5.76 Å². The molecule has 0 unspecified atom stereocenters. The number of quaternary nitrogens is 1. The third-order valence-electron chi connectivity index (χ3n) is 2.53. The molecule has 6 nitrogen and oxygen atoms in total. The van der Waals surface area contributed by atoms with Crippen LogP contribution in [0.5, 0.6) is 0 Å². The molecule has 0 atom stereocenters. The maximum absolute atomic E-state index is 11.5. The summed E-state index contributed by atoms with van der Waals surface area (Å²) < 4.78 is 10.3. The highest BCUT2D eigenvalue weighted by atomic mass is 16.5. The van der Waals surface area contributed by atoms with Gasteiger partial charge in [-0.2, -0.15) is 5.10 Å². The van der Waals surface area contributed by atoms with E-state index in [9.17, 15) is 4.79 Å². The van der Waals surface area contributed by atoms with E-state index in [2.05, 4.69) is 10.5 Å². The molecule has 1 fully saturated rings. The molecule has 0 spiro atoms. The van der Waals surface area contributed by atoms with Gasteiger partial charge in [0.15, 0.2) is 6.54 Å². The SMILES string of the molecule is O=C(C[NH+]1CCOCC1)N/N=C\c1ccco1. The molecule has 0 aromatic carbocycles. The number of carbonyl (C=O) groups is 1. The Morgan fingerprint density at radius 3 is 3.06 bits per heavy atom. The minimum Gasteiger partial charge on any atom is -0.463 e. The monoisotopic (exact) mass is 238 g/mol. The molecule has 2 heterocycles. The topological polar surface area (TPSA) is 68.3 Å². The predicted octanol–water partition coefficient (Wildman–Crippen LogP) is -1.36. The Morgan fingerprint density at radius 1 is 1.53 bits per heavy atom. The zero-order valence-corrected chi connectivity index (χ0v) is 9.52. The van der Waals surface area contributed by atoms with E-state index in [1.54, 1.807) is 18.4 Å². The van der Waals surface area contributed by atoms with E-state index in [4.69, 9.17) is 9.15 Å². The van der Waals surface area contributed by atoms with Crippen molar-refractivity contribution in [1.82, 2.24) is 5.43 Å². The van der Waals surface area contributed by atoms with E-state index in [-0.39, 0.29) is 5.91 Å². The highest BCUT2D eigenvalue weighted by Crippen LogP contribution is 1.94. The van der Waals surface area contributed by atoms with Gasteiger partial charge in [-0.15, -0.1) is 0 Å². The van der Waals surface area contributed by atoms with Crippen LogP contribution in [0, 0.1) is 0 Å². The summed E-state index contributed by atoms with van der Waals surface area (Å²) in [6.45, 7) is 3.61. The van der Waals surface area contributed by atoms with E-state index in [1.807, 2.05) is 0 Å². The minimum atomic E-state index is -0.0929. The predicted molar refractivity (Wildman–Crippen MR) is 60.8 cm³/mol. The summed E-state index contributed by atoms with van der Waals surface area (Å²) in [6.07, 6.45) is 3.04. The van der Waals surface area contributed by atoms with E-state index in [0.717, 1.165) is 26.3 Å². The Bertz CT molecular complexity index is 369. The van der Waals surface area contributed by atoms with Crippen LogP contribution in [-0.2, 0) is 9.53 Å². The third kappa shape index (κ3) is 4.01. The molecule has 1 saturated heterocycles. The van der Waals surface area contributed by atoms with Crippen molar-refractivity contribution in [3.05, 3.63) is 24.2 Å². The van der Waals surface area contributed by atoms with Gasteiger partial charge in [0, 0.05) is 0 Å². The standard InChI is InChI=1S/C11H15N3O3/c15-11(9-14-3-6-16-7-4-14)13-12-8-10-2-1-5-17-10/h1-2,5,8H,3-4,6-7,9H2,(H,13,15)/p+1/b12-8-. The fourth-order valence-electron chi connectivity index (χ4n) is 1.64. The Morgan fingerprint density at radius 2 is 2.35 bits per heavy atom. The molecule has 92 valence electrons. The second-order valence-corrected chi connectivity index (χ2v) is 3.85. The van der Waals surface area contributed by atoms with Crippen LogP contribution in [0.2, 0.25) is 0 Å². The number of hydrazone groups is 1. The molecule has 0 radical (unpaired) electrons. The molecule has 6 heteroatoms. The first kappa shape index (κ1) is 11.8.